The minimum Gasteiger partial charge on any atom is -0.376 e. The van der Waals surface area contributed by atoms with Crippen molar-refractivity contribution in [3.63, 3.8) is 0 Å². The fourth-order valence-corrected chi connectivity index (χ4v) is 5.64. The van der Waals surface area contributed by atoms with Gasteiger partial charge in [0.05, 0.1) is 35.2 Å². The van der Waals surface area contributed by atoms with E-state index in [1.807, 2.05) is 0 Å². The molecule has 10 heteroatoms. The monoisotopic (exact) mass is 432 g/mol. The number of hydrogen-bond donors (Lipinski definition) is 3. The third kappa shape index (κ3) is 2.55. The minimum atomic E-state index is -1.48. The highest BCUT2D eigenvalue weighted by atomic mass is 35.5. The van der Waals surface area contributed by atoms with E-state index < -0.39 is 47.0 Å². The lowest BCUT2D eigenvalue weighted by Crippen LogP contribution is -2.54. The minimum absolute atomic E-state index is 0.147. The van der Waals surface area contributed by atoms with Crippen molar-refractivity contribution < 1.29 is 23.9 Å². The van der Waals surface area contributed by atoms with E-state index in [0.29, 0.717) is 22.9 Å². The van der Waals surface area contributed by atoms with E-state index in [4.69, 9.17) is 22.1 Å². The Bertz CT molecular complexity index is 978. The zero-order chi connectivity index (χ0) is 21.2. The summed E-state index contributed by atoms with van der Waals surface area (Å²) in [5.41, 5.74) is 4.84. The molecule has 4 N–H and O–H groups in total. The number of primary amides is 1. The third-order valence-electron chi connectivity index (χ3n) is 6.62. The van der Waals surface area contributed by atoms with Gasteiger partial charge in [-0.1, -0.05) is 23.7 Å². The van der Waals surface area contributed by atoms with Crippen molar-refractivity contribution >= 4 is 40.9 Å². The van der Waals surface area contributed by atoms with Crippen molar-refractivity contribution in [2.75, 3.05) is 18.5 Å². The van der Waals surface area contributed by atoms with E-state index in [2.05, 4.69) is 10.6 Å². The molecular weight excluding hydrogens is 412 g/mol. The number of ether oxygens (including phenoxy) is 1. The lowest BCUT2D eigenvalue weighted by atomic mass is 9.76. The van der Waals surface area contributed by atoms with Gasteiger partial charge in [-0.05, 0) is 18.9 Å². The van der Waals surface area contributed by atoms with Crippen LogP contribution in [0, 0.1) is 11.8 Å². The van der Waals surface area contributed by atoms with Crippen LogP contribution in [0.15, 0.2) is 18.2 Å². The van der Waals surface area contributed by atoms with Gasteiger partial charge >= 0.3 is 0 Å². The number of nitrogens with two attached hydrogens (primary N) is 1. The molecule has 1 spiro atoms. The van der Waals surface area contributed by atoms with E-state index in [9.17, 15) is 19.2 Å². The molecule has 0 aliphatic carbocycles. The first kappa shape index (κ1) is 19.5. The molecule has 158 valence electrons. The summed E-state index contributed by atoms with van der Waals surface area (Å²) in [6, 6.07) is 4.29. The Morgan fingerprint density at radius 2 is 2.10 bits per heavy atom. The normalized spacial score (nSPS) is 34.6. The molecule has 0 bridgehead atoms. The van der Waals surface area contributed by atoms with Gasteiger partial charge in [-0.15, -0.1) is 0 Å². The van der Waals surface area contributed by atoms with Crippen LogP contribution in [0.25, 0.3) is 0 Å². The number of nitrogens with one attached hydrogen (secondary N) is 2. The number of fused-ring (bicyclic) bond motifs is 4. The molecule has 0 saturated carbocycles. The Labute approximate surface area is 177 Å². The van der Waals surface area contributed by atoms with Crippen LogP contribution in [-0.2, 0) is 29.5 Å². The summed E-state index contributed by atoms with van der Waals surface area (Å²) in [5.74, 6) is -3.79. The summed E-state index contributed by atoms with van der Waals surface area (Å²) in [5, 5.41) is 6.22. The molecule has 3 fully saturated rings. The maximum atomic E-state index is 13.5. The molecule has 4 heterocycles. The number of halogens is 1. The second-order valence-corrected chi connectivity index (χ2v) is 8.68. The third-order valence-corrected chi connectivity index (χ3v) is 6.94. The lowest BCUT2D eigenvalue weighted by Gasteiger charge is -2.30. The molecule has 9 nitrogen and oxygen atoms in total. The Hall–Kier alpha value is -2.49. The van der Waals surface area contributed by atoms with Crippen LogP contribution in [-0.4, -0.2) is 53.8 Å². The smallest absolute Gasteiger partial charge is 0.250 e. The topological polar surface area (TPSA) is 131 Å². The molecule has 5 rings (SSSR count). The number of carbonyl (C=O) groups is 4. The number of likely N-dealkylation sites (tertiary alicyclic amines) is 1. The number of anilines is 1. The quantitative estimate of drug-likeness (QED) is 0.579. The molecule has 4 aliphatic rings. The Morgan fingerprint density at radius 1 is 1.30 bits per heavy atom. The van der Waals surface area contributed by atoms with E-state index >= 15 is 0 Å². The summed E-state index contributed by atoms with van der Waals surface area (Å²) in [7, 11) is 0. The van der Waals surface area contributed by atoms with Crippen molar-refractivity contribution in [2.24, 2.45) is 17.6 Å². The number of rotatable bonds is 4. The molecule has 4 amide bonds. The predicted octanol–water partition coefficient (Wildman–Crippen LogP) is 0.115. The number of benzene rings is 1. The molecule has 4 aliphatic heterocycles. The fourth-order valence-electron chi connectivity index (χ4n) is 5.42. The molecule has 1 aromatic carbocycles. The van der Waals surface area contributed by atoms with Crippen LogP contribution in [0.2, 0.25) is 5.02 Å². The largest absolute Gasteiger partial charge is 0.376 e. The molecule has 3 saturated heterocycles. The number of nitrogens with zero attached hydrogens (tertiary/aromatic N) is 1. The molecule has 1 aromatic rings. The van der Waals surface area contributed by atoms with E-state index in [0.717, 1.165) is 12.8 Å². The molecule has 30 heavy (non-hydrogen) atoms. The highest BCUT2D eigenvalue weighted by Gasteiger charge is 2.70. The van der Waals surface area contributed by atoms with Gasteiger partial charge in [0, 0.05) is 24.6 Å². The fraction of sp³-hybridized carbons (Fsp3) is 0.500. The van der Waals surface area contributed by atoms with Crippen molar-refractivity contribution in [1.29, 1.82) is 0 Å². The van der Waals surface area contributed by atoms with E-state index in [1.165, 1.54) is 4.90 Å². The van der Waals surface area contributed by atoms with Gasteiger partial charge in [0.15, 0.2) is 0 Å². The average molecular weight is 433 g/mol. The Morgan fingerprint density at radius 3 is 2.80 bits per heavy atom. The summed E-state index contributed by atoms with van der Waals surface area (Å²) < 4.78 is 5.60. The first-order valence-electron chi connectivity index (χ1n) is 9.98. The van der Waals surface area contributed by atoms with Crippen LogP contribution < -0.4 is 16.4 Å². The van der Waals surface area contributed by atoms with E-state index in [-0.39, 0.29) is 19.1 Å². The second kappa shape index (κ2) is 6.76. The zero-order valence-electron chi connectivity index (χ0n) is 16.0. The highest BCUT2D eigenvalue weighted by Crippen LogP contribution is 2.54. The number of carbonyl (C=O) groups excluding carboxylic acids is 4. The highest BCUT2D eigenvalue weighted by molar-refractivity contribution is 6.35. The Kier molecular flexibility index (Phi) is 4.39. The van der Waals surface area contributed by atoms with Crippen molar-refractivity contribution in [1.82, 2.24) is 10.2 Å². The van der Waals surface area contributed by atoms with E-state index in [1.54, 1.807) is 18.2 Å². The maximum absolute atomic E-state index is 13.5. The number of amides is 4. The van der Waals surface area contributed by atoms with Crippen molar-refractivity contribution in [2.45, 2.75) is 36.9 Å². The first-order chi connectivity index (χ1) is 14.3. The molecule has 0 aromatic heterocycles. The summed E-state index contributed by atoms with van der Waals surface area (Å²) in [6.07, 6.45) is 1.25. The summed E-state index contributed by atoms with van der Waals surface area (Å²) in [6.45, 7) is 0.742. The summed E-state index contributed by atoms with van der Waals surface area (Å²) >= 11 is 6.27. The Balaban J connectivity index is 1.60. The van der Waals surface area contributed by atoms with Crippen LogP contribution in [0.5, 0.6) is 0 Å². The van der Waals surface area contributed by atoms with Gasteiger partial charge < -0.3 is 15.8 Å². The van der Waals surface area contributed by atoms with Crippen LogP contribution in [0.4, 0.5) is 5.69 Å². The number of hydrogen-bond acceptors (Lipinski definition) is 6. The van der Waals surface area contributed by atoms with Gasteiger partial charge in [-0.3, -0.25) is 29.4 Å². The first-order valence-corrected chi connectivity index (χ1v) is 10.4. The number of para-hydroxylation sites is 1. The van der Waals surface area contributed by atoms with Crippen LogP contribution >= 0.6 is 11.6 Å². The SMILES string of the molecule is NC(=O)C[C@@H]1N[C@]2(C(=O)Nc3c(Cl)cccc32)[C@@H]2C(=O)N(C[C@H]3CCCO3)C(=O)[C@H]12. The second-order valence-electron chi connectivity index (χ2n) is 8.27. The molecular formula is C20H21ClN4O5. The van der Waals surface area contributed by atoms with Crippen molar-refractivity contribution in [3.05, 3.63) is 28.8 Å². The van der Waals surface area contributed by atoms with Gasteiger partial charge in [0.1, 0.15) is 5.54 Å². The van der Waals surface area contributed by atoms with Crippen molar-refractivity contribution in [3.8, 4) is 0 Å². The molecule has 0 radical (unpaired) electrons. The summed E-state index contributed by atoms with van der Waals surface area (Å²) in [4.78, 5) is 52.9. The van der Waals surface area contributed by atoms with Gasteiger partial charge in [-0.25, -0.2) is 0 Å². The standard InChI is InChI=1S/C20H21ClN4O5/c21-11-5-1-4-10-16(11)23-19(29)20(10)15-14(12(24-20)7-13(22)26)17(27)25(18(15)28)8-9-3-2-6-30-9/h1,4-5,9,12,14-15,24H,2-3,6-8H2,(H2,22,26)(H,23,29)/t9-,12+,14-,15+,20+/m1/s1. The van der Waals surface area contributed by atoms with Gasteiger partial charge in [0.25, 0.3) is 0 Å². The zero-order valence-corrected chi connectivity index (χ0v) is 16.8. The average Bonchev–Trinajstić information content (AvgIpc) is 3.42. The van der Waals surface area contributed by atoms with Crippen LogP contribution in [0.3, 0.4) is 0 Å². The molecule has 5 atom stereocenters. The predicted molar refractivity (Wildman–Crippen MR) is 105 cm³/mol. The van der Waals surface area contributed by atoms with Crippen LogP contribution in [0.1, 0.15) is 24.8 Å². The maximum Gasteiger partial charge on any atom is 0.250 e. The lowest BCUT2D eigenvalue weighted by molar-refractivity contribution is -0.144. The number of imide groups is 1. The van der Waals surface area contributed by atoms with Gasteiger partial charge in [0.2, 0.25) is 23.6 Å². The molecule has 0 unspecified atom stereocenters. The van der Waals surface area contributed by atoms with Gasteiger partial charge in [-0.2, -0.15) is 0 Å².